The molecule has 4 aromatic rings. The highest BCUT2D eigenvalue weighted by Crippen LogP contribution is 2.30. The smallest absolute Gasteiger partial charge is 0.232 e. The normalized spacial score (nSPS) is 14.6. The Morgan fingerprint density at radius 2 is 1.79 bits per heavy atom. The lowest BCUT2D eigenvalue weighted by Crippen LogP contribution is -2.37. The van der Waals surface area contributed by atoms with E-state index in [9.17, 15) is 0 Å². The summed E-state index contributed by atoms with van der Waals surface area (Å²) in [7, 11) is 0. The number of benzene rings is 2. The van der Waals surface area contributed by atoms with Gasteiger partial charge in [0, 0.05) is 25.2 Å². The Labute approximate surface area is 169 Å². The van der Waals surface area contributed by atoms with Crippen molar-refractivity contribution in [3.63, 3.8) is 0 Å². The van der Waals surface area contributed by atoms with E-state index >= 15 is 0 Å². The summed E-state index contributed by atoms with van der Waals surface area (Å²) in [5.41, 5.74) is 4.18. The molecule has 0 radical (unpaired) electrons. The number of morpholine rings is 1. The zero-order chi connectivity index (χ0) is 19.8. The maximum Gasteiger partial charge on any atom is 0.232 e. The largest absolute Gasteiger partial charge is 0.378 e. The van der Waals surface area contributed by atoms with Crippen molar-refractivity contribution in [2.75, 3.05) is 31.2 Å². The van der Waals surface area contributed by atoms with Crippen molar-refractivity contribution >= 4 is 17.0 Å². The third-order valence-electron chi connectivity index (χ3n) is 5.47. The third-order valence-corrected chi connectivity index (χ3v) is 5.47. The van der Waals surface area contributed by atoms with Crippen LogP contribution in [0.1, 0.15) is 12.7 Å². The van der Waals surface area contributed by atoms with Gasteiger partial charge in [-0.2, -0.15) is 0 Å². The van der Waals surface area contributed by atoms with Gasteiger partial charge < -0.3 is 14.2 Å². The molecule has 2 aromatic heterocycles. The van der Waals surface area contributed by atoms with Gasteiger partial charge in [0.1, 0.15) is 5.82 Å². The number of aromatic nitrogens is 5. The number of para-hydroxylation sites is 1. The van der Waals surface area contributed by atoms with Gasteiger partial charge in [0.15, 0.2) is 5.82 Å². The van der Waals surface area contributed by atoms with Gasteiger partial charge in [-0.15, -0.1) is 10.2 Å². The van der Waals surface area contributed by atoms with Crippen LogP contribution in [0.4, 0.5) is 5.95 Å². The summed E-state index contributed by atoms with van der Waals surface area (Å²) in [6, 6.07) is 16.6. The Hall–Kier alpha value is -3.19. The van der Waals surface area contributed by atoms with E-state index in [2.05, 4.69) is 61.5 Å². The Morgan fingerprint density at radius 1 is 1.00 bits per heavy atom. The minimum absolute atomic E-state index is 0.705. The molecule has 5 rings (SSSR count). The van der Waals surface area contributed by atoms with Crippen LogP contribution in [-0.2, 0) is 11.3 Å². The Bertz CT molecular complexity index is 1140. The minimum atomic E-state index is 0.705. The molecule has 1 fully saturated rings. The molecular weight excluding hydrogens is 364 g/mol. The lowest BCUT2D eigenvalue weighted by atomic mass is 10.1. The van der Waals surface area contributed by atoms with Crippen LogP contribution >= 0.6 is 0 Å². The van der Waals surface area contributed by atoms with Gasteiger partial charge in [-0.3, -0.25) is 4.57 Å². The van der Waals surface area contributed by atoms with E-state index in [1.807, 2.05) is 25.1 Å². The standard InChI is InChI=1S/C22H24N6O/c1-3-27-16(2)23-19-15-17(9-10-20(19)27)21-24-25-22(26-11-13-29-14-12-26)28(21)18-7-5-4-6-8-18/h4-10,15H,3,11-14H2,1-2H3. The first-order valence-corrected chi connectivity index (χ1v) is 10.1. The molecule has 0 saturated carbocycles. The van der Waals surface area contributed by atoms with Crippen LogP contribution in [0.2, 0.25) is 0 Å². The summed E-state index contributed by atoms with van der Waals surface area (Å²) in [6.45, 7) is 8.12. The molecule has 3 heterocycles. The van der Waals surface area contributed by atoms with Gasteiger partial charge in [0.2, 0.25) is 5.95 Å². The monoisotopic (exact) mass is 388 g/mol. The van der Waals surface area contributed by atoms with Gasteiger partial charge in [-0.1, -0.05) is 18.2 Å². The summed E-state index contributed by atoms with van der Waals surface area (Å²) in [6.07, 6.45) is 0. The molecule has 0 bridgehead atoms. The number of ether oxygens (including phenoxy) is 1. The summed E-state index contributed by atoms with van der Waals surface area (Å²) >= 11 is 0. The van der Waals surface area contributed by atoms with Gasteiger partial charge >= 0.3 is 0 Å². The molecule has 0 aliphatic carbocycles. The van der Waals surface area contributed by atoms with Crippen molar-refractivity contribution in [1.29, 1.82) is 0 Å². The molecule has 0 atom stereocenters. The number of aryl methyl sites for hydroxylation is 2. The van der Waals surface area contributed by atoms with Gasteiger partial charge in [-0.25, -0.2) is 4.98 Å². The predicted molar refractivity (Wildman–Crippen MR) is 114 cm³/mol. The molecule has 1 saturated heterocycles. The molecule has 7 heteroatoms. The maximum atomic E-state index is 5.52. The molecule has 2 aromatic carbocycles. The average molecular weight is 388 g/mol. The maximum absolute atomic E-state index is 5.52. The van der Waals surface area contributed by atoms with Gasteiger partial charge in [-0.05, 0) is 44.2 Å². The Kier molecular flexibility index (Phi) is 4.52. The second kappa shape index (κ2) is 7.33. The van der Waals surface area contributed by atoms with Crippen molar-refractivity contribution in [2.24, 2.45) is 0 Å². The Morgan fingerprint density at radius 3 is 2.55 bits per heavy atom. The molecule has 0 spiro atoms. The second-order valence-corrected chi connectivity index (χ2v) is 7.20. The van der Waals surface area contributed by atoms with Crippen molar-refractivity contribution in [3.8, 4) is 17.1 Å². The van der Waals surface area contributed by atoms with Crippen molar-refractivity contribution in [2.45, 2.75) is 20.4 Å². The fourth-order valence-corrected chi connectivity index (χ4v) is 4.03. The molecule has 1 aliphatic heterocycles. The van der Waals surface area contributed by atoms with Crippen LogP contribution in [-0.4, -0.2) is 50.6 Å². The quantitative estimate of drug-likeness (QED) is 0.536. The van der Waals surface area contributed by atoms with E-state index in [0.717, 1.165) is 59.5 Å². The fraction of sp³-hybridized carbons (Fsp3) is 0.318. The van der Waals surface area contributed by atoms with Crippen LogP contribution < -0.4 is 4.90 Å². The van der Waals surface area contributed by atoms with E-state index < -0.39 is 0 Å². The highest BCUT2D eigenvalue weighted by atomic mass is 16.5. The average Bonchev–Trinajstić information content (AvgIpc) is 3.34. The number of hydrogen-bond donors (Lipinski definition) is 0. The van der Waals surface area contributed by atoms with E-state index in [0.29, 0.717) is 13.2 Å². The number of nitrogens with zero attached hydrogens (tertiary/aromatic N) is 6. The summed E-state index contributed by atoms with van der Waals surface area (Å²) in [5.74, 6) is 2.70. The van der Waals surface area contributed by atoms with E-state index in [4.69, 9.17) is 9.72 Å². The topological polar surface area (TPSA) is 61.0 Å². The van der Waals surface area contributed by atoms with Gasteiger partial charge in [0.05, 0.1) is 29.9 Å². The Balaban J connectivity index is 1.67. The van der Waals surface area contributed by atoms with Gasteiger partial charge in [0.25, 0.3) is 0 Å². The molecule has 148 valence electrons. The molecule has 1 aliphatic rings. The summed E-state index contributed by atoms with van der Waals surface area (Å²) < 4.78 is 9.88. The predicted octanol–water partition coefficient (Wildman–Crippen LogP) is 3.45. The first-order chi connectivity index (χ1) is 14.3. The zero-order valence-corrected chi connectivity index (χ0v) is 16.7. The van der Waals surface area contributed by atoms with Crippen molar-refractivity contribution in [1.82, 2.24) is 24.3 Å². The first-order valence-electron chi connectivity index (χ1n) is 10.1. The highest BCUT2D eigenvalue weighted by Gasteiger charge is 2.22. The number of hydrogen-bond acceptors (Lipinski definition) is 5. The summed E-state index contributed by atoms with van der Waals surface area (Å²) in [5, 5.41) is 9.16. The second-order valence-electron chi connectivity index (χ2n) is 7.20. The zero-order valence-electron chi connectivity index (χ0n) is 16.7. The molecule has 7 nitrogen and oxygen atoms in total. The molecular formula is C22H24N6O. The van der Waals surface area contributed by atoms with Crippen LogP contribution in [0.25, 0.3) is 28.1 Å². The molecule has 0 unspecified atom stereocenters. The fourth-order valence-electron chi connectivity index (χ4n) is 4.03. The van der Waals surface area contributed by atoms with Crippen LogP contribution in [0.5, 0.6) is 0 Å². The highest BCUT2D eigenvalue weighted by molar-refractivity contribution is 5.82. The lowest BCUT2D eigenvalue weighted by Gasteiger charge is -2.28. The molecule has 0 amide bonds. The number of anilines is 1. The third kappa shape index (κ3) is 3.07. The van der Waals surface area contributed by atoms with E-state index in [-0.39, 0.29) is 0 Å². The number of imidazole rings is 1. The van der Waals surface area contributed by atoms with Crippen LogP contribution in [0.15, 0.2) is 48.5 Å². The van der Waals surface area contributed by atoms with Crippen LogP contribution in [0, 0.1) is 6.92 Å². The summed E-state index contributed by atoms with van der Waals surface area (Å²) in [4.78, 5) is 6.99. The van der Waals surface area contributed by atoms with Crippen molar-refractivity contribution in [3.05, 3.63) is 54.4 Å². The van der Waals surface area contributed by atoms with E-state index in [1.165, 1.54) is 0 Å². The number of fused-ring (bicyclic) bond motifs is 1. The first kappa shape index (κ1) is 17.9. The molecule has 29 heavy (non-hydrogen) atoms. The molecule has 0 N–H and O–H groups in total. The lowest BCUT2D eigenvalue weighted by molar-refractivity contribution is 0.122. The van der Waals surface area contributed by atoms with E-state index in [1.54, 1.807) is 0 Å². The SMILES string of the molecule is CCn1c(C)nc2cc(-c3nnc(N4CCOCC4)n3-c3ccccc3)ccc21. The minimum Gasteiger partial charge on any atom is -0.378 e. The van der Waals surface area contributed by atoms with Crippen molar-refractivity contribution < 1.29 is 4.74 Å². The van der Waals surface area contributed by atoms with Crippen LogP contribution in [0.3, 0.4) is 0 Å². The number of rotatable bonds is 4.